The minimum absolute atomic E-state index is 0.0231. The summed E-state index contributed by atoms with van der Waals surface area (Å²) in [5.41, 5.74) is 0.712. The Morgan fingerprint density at radius 2 is 1.85 bits per heavy atom. The molecule has 0 bridgehead atoms. The van der Waals surface area contributed by atoms with Crippen molar-refractivity contribution in [2.24, 2.45) is 0 Å². The predicted octanol–water partition coefficient (Wildman–Crippen LogP) is 3.66. The minimum atomic E-state index is -1.07. The Morgan fingerprint density at radius 3 is 2.41 bits per heavy atom. The Labute approximate surface area is 207 Å². The van der Waals surface area contributed by atoms with Crippen LogP contribution in [0.25, 0.3) is 0 Å². The Bertz CT molecular complexity index is 903. The highest BCUT2D eigenvalue weighted by Gasteiger charge is 2.37. The van der Waals surface area contributed by atoms with Gasteiger partial charge in [-0.2, -0.15) is 17.9 Å². The van der Waals surface area contributed by atoms with Crippen LogP contribution in [0.15, 0.2) is 24.3 Å². The molecule has 8 nitrogen and oxygen atoms in total. The highest BCUT2D eigenvalue weighted by molar-refractivity contribution is 7.80. The van der Waals surface area contributed by atoms with Crippen molar-refractivity contribution in [3.05, 3.63) is 35.4 Å². The lowest BCUT2D eigenvalue weighted by Crippen LogP contribution is -2.54. The number of nitrogens with zero attached hydrogens (tertiary/aromatic N) is 2. The molecule has 186 valence electrons. The van der Waals surface area contributed by atoms with Crippen LogP contribution in [-0.2, 0) is 14.3 Å². The zero-order valence-electron chi connectivity index (χ0n) is 20.5. The number of carbonyl (C=O) groups is 3. The summed E-state index contributed by atoms with van der Waals surface area (Å²) >= 11 is 4.24. The molecule has 2 atom stereocenters. The molecule has 0 saturated heterocycles. The molecule has 1 fully saturated rings. The molecule has 1 aliphatic rings. The summed E-state index contributed by atoms with van der Waals surface area (Å²) in [4.78, 5) is 40.7. The molecule has 0 spiro atoms. The van der Waals surface area contributed by atoms with Crippen LogP contribution in [0.5, 0.6) is 0 Å². The summed E-state index contributed by atoms with van der Waals surface area (Å²) in [6.07, 6.45) is 4.24. The third-order valence-corrected chi connectivity index (χ3v) is 6.06. The lowest BCUT2D eigenvalue weighted by atomic mass is 9.94. The first-order valence-electron chi connectivity index (χ1n) is 11.7. The number of hydrogen-bond donors (Lipinski definition) is 3. The number of hydrogen-bond acceptors (Lipinski definition) is 6. The number of benzene rings is 1. The predicted molar refractivity (Wildman–Crippen MR) is 133 cm³/mol. The van der Waals surface area contributed by atoms with Gasteiger partial charge in [-0.05, 0) is 51.7 Å². The van der Waals surface area contributed by atoms with Crippen LogP contribution in [0.4, 0.5) is 4.79 Å². The van der Waals surface area contributed by atoms with E-state index in [9.17, 15) is 19.6 Å². The van der Waals surface area contributed by atoms with E-state index in [1.807, 2.05) is 25.1 Å². The molecule has 3 amide bonds. The van der Waals surface area contributed by atoms with E-state index in [1.165, 1.54) is 4.90 Å². The average molecular weight is 489 g/mol. The Balaban J connectivity index is 2.37. The Morgan fingerprint density at radius 1 is 1.21 bits per heavy atom. The van der Waals surface area contributed by atoms with E-state index in [0.29, 0.717) is 5.56 Å². The molecular weight excluding hydrogens is 452 g/mol. The van der Waals surface area contributed by atoms with E-state index >= 15 is 0 Å². The molecular formula is C25H36N4O4S. The van der Waals surface area contributed by atoms with E-state index in [0.717, 1.165) is 37.7 Å². The number of carbonyl (C=O) groups excluding carboxylic acids is 3. The van der Waals surface area contributed by atoms with Crippen LogP contribution in [0, 0.1) is 18.3 Å². The molecule has 34 heavy (non-hydrogen) atoms. The summed E-state index contributed by atoms with van der Waals surface area (Å²) in [5.74, 6) is -0.931. The van der Waals surface area contributed by atoms with E-state index in [4.69, 9.17) is 4.74 Å². The Kier molecular flexibility index (Phi) is 10.2. The van der Waals surface area contributed by atoms with Gasteiger partial charge in [0.15, 0.2) is 0 Å². The number of rotatable bonds is 8. The largest absolute Gasteiger partial charge is 0.444 e. The van der Waals surface area contributed by atoms with Gasteiger partial charge in [0.2, 0.25) is 11.8 Å². The van der Waals surface area contributed by atoms with Gasteiger partial charge in [0.25, 0.3) is 0 Å². The summed E-state index contributed by atoms with van der Waals surface area (Å²) in [6.45, 7) is 6.69. The van der Waals surface area contributed by atoms with E-state index in [-0.39, 0.29) is 24.2 Å². The SMILES string of the molecule is Cc1ccccc1C(C(=O)NC1CCCCC1)N(CC#N)C(=O)C(CS)NC(=O)OC(C)(C)C. The number of aryl methyl sites for hydroxylation is 1. The van der Waals surface area contributed by atoms with Gasteiger partial charge < -0.3 is 20.3 Å². The zero-order chi connectivity index (χ0) is 25.3. The maximum Gasteiger partial charge on any atom is 0.408 e. The van der Waals surface area contributed by atoms with E-state index in [2.05, 4.69) is 23.3 Å². The lowest BCUT2D eigenvalue weighted by molar-refractivity contribution is -0.141. The fourth-order valence-electron chi connectivity index (χ4n) is 4.08. The van der Waals surface area contributed by atoms with Crippen LogP contribution < -0.4 is 10.6 Å². The standard InChI is InChI=1S/C25H36N4O4S/c1-17-10-8-9-13-19(17)21(22(30)27-18-11-6-5-7-12-18)29(15-14-26)23(31)20(16-34)28-24(32)33-25(2,3)4/h8-10,13,18,20-21,34H,5-7,11-12,15-16H2,1-4H3,(H,27,30)(H,28,32). The maximum atomic E-state index is 13.6. The van der Waals surface area contributed by atoms with Crippen molar-refractivity contribution in [3.8, 4) is 6.07 Å². The van der Waals surface area contributed by atoms with Crippen molar-refractivity contribution in [2.75, 3.05) is 12.3 Å². The Hall–Kier alpha value is -2.73. The number of nitrogens with one attached hydrogen (secondary N) is 2. The second-order valence-electron chi connectivity index (χ2n) is 9.61. The molecule has 0 heterocycles. The summed E-state index contributed by atoms with van der Waals surface area (Å²) in [5, 5.41) is 15.2. The third-order valence-electron chi connectivity index (χ3n) is 5.69. The number of ether oxygens (including phenoxy) is 1. The average Bonchev–Trinajstić information content (AvgIpc) is 2.77. The van der Waals surface area contributed by atoms with Gasteiger partial charge >= 0.3 is 6.09 Å². The van der Waals surface area contributed by atoms with Crippen molar-refractivity contribution in [2.45, 2.75) is 83.5 Å². The second-order valence-corrected chi connectivity index (χ2v) is 9.97. The quantitative estimate of drug-likeness (QED) is 0.382. The summed E-state index contributed by atoms with van der Waals surface area (Å²) in [7, 11) is 0. The summed E-state index contributed by atoms with van der Waals surface area (Å²) < 4.78 is 5.27. The molecule has 1 aromatic carbocycles. The molecule has 2 unspecified atom stereocenters. The molecule has 1 aromatic rings. The van der Waals surface area contributed by atoms with Crippen molar-refractivity contribution >= 4 is 30.5 Å². The first-order chi connectivity index (χ1) is 16.1. The van der Waals surface area contributed by atoms with E-state index < -0.39 is 29.7 Å². The first-order valence-corrected chi connectivity index (χ1v) is 12.3. The maximum absolute atomic E-state index is 13.6. The summed E-state index contributed by atoms with van der Waals surface area (Å²) in [6, 6.07) is 7.25. The molecule has 9 heteroatoms. The van der Waals surface area contributed by atoms with Gasteiger partial charge in [-0.15, -0.1) is 0 Å². The monoisotopic (exact) mass is 488 g/mol. The number of nitriles is 1. The molecule has 0 aromatic heterocycles. The third kappa shape index (κ3) is 7.94. The molecule has 0 aliphatic heterocycles. The molecule has 2 N–H and O–H groups in total. The topological polar surface area (TPSA) is 112 Å². The number of amides is 3. The van der Waals surface area contributed by atoms with Crippen molar-refractivity contribution < 1.29 is 19.1 Å². The highest BCUT2D eigenvalue weighted by Crippen LogP contribution is 2.27. The van der Waals surface area contributed by atoms with Gasteiger partial charge in [0.05, 0.1) is 6.07 Å². The van der Waals surface area contributed by atoms with Gasteiger partial charge in [-0.3, -0.25) is 9.59 Å². The van der Waals surface area contributed by atoms with Crippen LogP contribution in [0.2, 0.25) is 0 Å². The van der Waals surface area contributed by atoms with E-state index in [1.54, 1.807) is 32.9 Å². The fourth-order valence-corrected chi connectivity index (χ4v) is 4.33. The zero-order valence-corrected chi connectivity index (χ0v) is 21.4. The number of thiol groups is 1. The van der Waals surface area contributed by atoms with Crippen LogP contribution in [0.3, 0.4) is 0 Å². The lowest BCUT2D eigenvalue weighted by Gasteiger charge is -2.34. The molecule has 1 aliphatic carbocycles. The van der Waals surface area contributed by atoms with Crippen molar-refractivity contribution in [1.29, 1.82) is 5.26 Å². The molecule has 2 rings (SSSR count). The molecule has 1 saturated carbocycles. The van der Waals surface area contributed by atoms with Gasteiger partial charge in [0, 0.05) is 11.8 Å². The van der Waals surface area contributed by atoms with Crippen molar-refractivity contribution in [1.82, 2.24) is 15.5 Å². The minimum Gasteiger partial charge on any atom is -0.444 e. The van der Waals surface area contributed by atoms with Crippen LogP contribution in [-0.4, -0.2) is 52.8 Å². The van der Waals surface area contributed by atoms with Crippen LogP contribution >= 0.6 is 12.6 Å². The smallest absolute Gasteiger partial charge is 0.408 e. The first kappa shape index (κ1) is 27.5. The fraction of sp³-hybridized carbons (Fsp3) is 0.600. The number of alkyl carbamates (subject to hydrolysis) is 1. The molecule has 0 radical (unpaired) electrons. The highest BCUT2D eigenvalue weighted by atomic mass is 32.1. The normalized spacial score (nSPS) is 16.0. The van der Waals surface area contributed by atoms with Crippen molar-refractivity contribution in [3.63, 3.8) is 0 Å². The van der Waals surface area contributed by atoms with Crippen LogP contribution in [0.1, 0.15) is 70.0 Å². The second kappa shape index (κ2) is 12.7. The van der Waals surface area contributed by atoms with Gasteiger partial charge in [-0.1, -0.05) is 43.5 Å². The van der Waals surface area contributed by atoms with Gasteiger partial charge in [-0.25, -0.2) is 4.79 Å². The van der Waals surface area contributed by atoms with Gasteiger partial charge in [0.1, 0.15) is 24.2 Å².